The van der Waals surface area contributed by atoms with Gasteiger partial charge in [0, 0.05) is 44.0 Å². The number of methoxy groups -OCH3 is 2. The van der Waals surface area contributed by atoms with Crippen molar-refractivity contribution in [2.45, 2.75) is 18.2 Å². The largest absolute Gasteiger partial charge is 0.497 e. The van der Waals surface area contributed by atoms with Gasteiger partial charge < -0.3 is 19.3 Å². The third-order valence-corrected chi connectivity index (χ3v) is 6.73. The van der Waals surface area contributed by atoms with Crippen molar-refractivity contribution in [1.29, 1.82) is 0 Å². The Morgan fingerprint density at radius 3 is 2.26 bits per heavy atom. The first-order valence-corrected chi connectivity index (χ1v) is 11.7. The van der Waals surface area contributed by atoms with Gasteiger partial charge in [-0.3, -0.25) is 4.79 Å². The lowest BCUT2D eigenvalue weighted by atomic mass is 10.1. The van der Waals surface area contributed by atoms with E-state index in [1.165, 1.54) is 19.2 Å². The van der Waals surface area contributed by atoms with Gasteiger partial charge in [-0.1, -0.05) is 6.92 Å². The fraction of sp³-hybridized carbons (Fsp3) is 0.409. The van der Waals surface area contributed by atoms with E-state index >= 15 is 0 Å². The Labute approximate surface area is 183 Å². The standard InChI is InChI=1S/C22H29N3O5S/c1-4-11-23-31(27,28)21-16-17(5-10-20(21)30-3)22(26)25-14-12-24(13-15-25)18-6-8-19(29-2)9-7-18/h5-10,16,23H,4,11-15H2,1-3H3. The van der Waals surface area contributed by atoms with Crippen molar-refractivity contribution >= 4 is 21.6 Å². The second-order valence-electron chi connectivity index (χ2n) is 7.24. The zero-order chi connectivity index (χ0) is 22.4. The Kier molecular flexibility index (Phi) is 7.40. The first-order chi connectivity index (χ1) is 14.9. The third-order valence-electron chi connectivity index (χ3n) is 5.25. The quantitative estimate of drug-likeness (QED) is 0.668. The van der Waals surface area contributed by atoms with Crippen LogP contribution in [0.15, 0.2) is 47.4 Å². The van der Waals surface area contributed by atoms with E-state index in [1.807, 2.05) is 31.2 Å². The molecule has 8 nitrogen and oxygen atoms in total. The summed E-state index contributed by atoms with van der Waals surface area (Å²) < 4.78 is 38.2. The van der Waals surface area contributed by atoms with Gasteiger partial charge in [0.2, 0.25) is 10.0 Å². The normalized spacial score (nSPS) is 14.4. The highest BCUT2D eigenvalue weighted by Crippen LogP contribution is 2.26. The Hall–Kier alpha value is -2.78. The molecule has 0 radical (unpaired) electrons. The summed E-state index contributed by atoms with van der Waals surface area (Å²) in [4.78, 5) is 17.0. The number of amides is 1. The van der Waals surface area contributed by atoms with Crippen LogP contribution in [0.3, 0.4) is 0 Å². The zero-order valence-corrected chi connectivity index (χ0v) is 18.9. The topological polar surface area (TPSA) is 88.2 Å². The summed E-state index contributed by atoms with van der Waals surface area (Å²) in [5, 5.41) is 0. The highest BCUT2D eigenvalue weighted by Gasteiger charge is 2.26. The first kappa shape index (κ1) is 22.9. The van der Waals surface area contributed by atoms with E-state index < -0.39 is 10.0 Å². The van der Waals surface area contributed by atoms with E-state index in [9.17, 15) is 13.2 Å². The molecule has 3 rings (SSSR count). The minimum absolute atomic E-state index is 0.0221. The maximum atomic E-state index is 13.1. The zero-order valence-electron chi connectivity index (χ0n) is 18.1. The molecule has 1 aliphatic rings. The monoisotopic (exact) mass is 447 g/mol. The Morgan fingerprint density at radius 1 is 1.00 bits per heavy atom. The maximum Gasteiger partial charge on any atom is 0.254 e. The SMILES string of the molecule is CCCNS(=O)(=O)c1cc(C(=O)N2CCN(c3ccc(OC)cc3)CC2)ccc1OC. The molecule has 2 aromatic rings. The van der Waals surface area contributed by atoms with E-state index in [-0.39, 0.29) is 16.6 Å². The summed E-state index contributed by atoms with van der Waals surface area (Å²) in [6, 6.07) is 12.4. The maximum absolute atomic E-state index is 13.1. The molecule has 1 fully saturated rings. The van der Waals surface area contributed by atoms with Crippen LogP contribution in [0.4, 0.5) is 5.69 Å². The second-order valence-corrected chi connectivity index (χ2v) is 8.98. The molecular weight excluding hydrogens is 418 g/mol. The van der Waals surface area contributed by atoms with Crippen molar-refractivity contribution in [2.24, 2.45) is 0 Å². The predicted octanol–water partition coefficient (Wildman–Crippen LogP) is 2.35. The molecule has 1 amide bonds. The Bertz CT molecular complexity index is 1000. The summed E-state index contributed by atoms with van der Waals surface area (Å²) in [6.45, 7) is 4.68. The van der Waals surface area contributed by atoms with Gasteiger partial charge in [0.15, 0.2) is 0 Å². The van der Waals surface area contributed by atoms with Gasteiger partial charge in [0.05, 0.1) is 14.2 Å². The summed E-state index contributed by atoms with van der Waals surface area (Å²) in [5.74, 6) is 0.824. The number of nitrogens with zero attached hydrogens (tertiary/aromatic N) is 2. The summed E-state index contributed by atoms with van der Waals surface area (Å²) >= 11 is 0. The lowest BCUT2D eigenvalue weighted by Gasteiger charge is -2.36. The number of nitrogens with one attached hydrogen (secondary N) is 1. The molecule has 1 heterocycles. The number of carbonyl (C=O) groups excluding carboxylic acids is 1. The van der Waals surface area contributed by atoms with Crippen molar-refractivity contribution < 1.29 is 22.7 Å². The van der Waals surface area contributed by atoms with Crippen LogP contribution in [0.25, 0.3) is 0 Å². The van der Waals surface area contributed by atoms with Gasteiger partial charge in [-0.05, 0) is 48.9 Å². The number of sulfonamides is 1. The molecule has 0 aromatic heterocycles. The number of anilines is 1. The summed E-state index contributed by atoms with van der Waals surface area (Å²) in [6.07, 6.45) is 0.665. The van der Waals surface area contributed by atoms with Crippen LogP contribution < -0.4 is 19.1 Å². The molecule has 0 saturated carbocycles. The number of hydrogen-bond acceptors (Lipinski definition) is 6. The molecule has 31 heavy (non-hydrogen) atoms. The van der Waals surface area contributed by atoms with Crippen molar-refractivity contribution in [2.75, 3.05) is 51.8 Å². The van der Waals surface area contributed by atoms with Crippen LogP contribution in [0.5, 0.6) is 11.5 Å². The molecule has 9 heteroatoms. The molecule has 1 N–H and O–H groups in total. The van der Waals surface area contributed by atoms with Gasteiger partial charge in [-0.15, -0.1) is 0 Å². The van der Waals surface area contributed by atoms with E-state index in [4.69, 9.17) is 9.47 Å². The van der Waals surface area contributed by atoms with Gasteiger partial charge in [-0.25, -0.2) is 13.1 Å². The lowest BCUT2D eigenvalue weighted by molar-refractivity contribution is 0.0746. The van der Waals surface area contributed by atoms with E-state index in [0.717, 1.165) is 11.4 Å². The van der Waals surface area contributed by atoms with Gasteiger partial charge in [0.1, 0.15) is 16.4 Å². The van der Waals surface area contributed by atoms with E-state index in [0.29, 0.717) is 44.7 Å². The van der Waals surface area contributed by atoms with Crippen molar-refractivity contribution in [3.8, 4) is 11.5 Å². The molecule has 0 atom stereocenters. The molecule has 0 aliphatic carbocycles. The fourth-order valence-electron chi connectivity index (χ4n) is 3.48. The van der Waals surface area contributed by atoms with Gasteiger partial charge in [-0.2, -0.15) is 0 Å². The van der Waals surface area contributed by atoms with Gasteiger partial charge in [0.25, 0.3) is 5.91 Å². The molecule has 168 valence electrons. The summed E-state index contributed by atoms with van der Waals surface area (Å²) in [7, 11) is -0.722. The molecule has 1 saturated heterocycles. The van der Waals surface area contributed by atoms with Crippen LogP contribution >= 0.6 is 0 Å². The van der Waals surface area contributed by atoms with E-state index in [2.05, 4.69) is 9.62 Å². The van der Waals surface area contributed by atoms with Crippen LogP contribution in [-0.4, -0.2) is 66.2 Å². The number of ether oxygens (including phenoxy) is 2. The van der Waals surface area contributed by atoms with Crippen LogP contribution in [0.2, 0.25) is 0 Å². The number of hydrogen-bond donors (Lipinski definition) is 1. The third kappa shape index (κ3) is 5.29. The minimum Gasteiger partial charge on any atom is -0.497 e. The first-order valence-electron chi connectivity index (χ1n) is 10.3. The highest BCUT2D eigenvalue weighted by molar-refractivity contribution is 7.89. The van der Waals surface area contributed by atoms with Crippen LogP contribution in [0, 0.1) is 0 Å². The number of carbonyl (C=O) groups is 1. The van der Waals surface area contributed by atoms with E-state index in [1.54, 1.807) is 18.1 Å². The number of benzene rings is 2. The average Bonchev–Trinajstić information content (AvgIpc) is 2.82. The molecule has 1 aliphatic heterocycles. The van der Waals surface area contributed by atoms with Crippen molar-refractivity contribution in [3.05, 3.63) is 48.0 Å². The lowest BCUT2D eigenvalue weighted by Crippen LogP contribution is -2.48. The van der Waals surface area contributed by atoms with Crippen molar-refractivity contribution in [3.63, 3.8) is 0 Å². The number of rotatable bonds is 8. The highest BCUT2D eigenvalue weighted by atomic mass is 32.2. The molecular formula is C22H29N3O5S. The molecule has 0 bridgehead atoms. The predicted molar refractivity (Wildman–Crippen MR) is 120 cm³/mol. The van der Waals surface area contributed by atoms with Crippen LogP contribution in [-0.2, 0) is 10.0 Å². The van der Waals surface area contributed by atoms with Gasteiger partial charge >= 0.3 is 0 Å². The average molecular weight is 448 g/mol. The summed E-state index contributed by atoms with van der Waals surface area (Å²) in [5.41, 5.74) is 1.41. The molecule has 2 aromatic carbocycles. The number of piperazine rings is 1. The second kappa shape index (κ2) is 10.0. The fourth-order valence-corrected chi connectivity index (χ4v) is 4.80. The van der Waals surface area contributed by atoms with Crippen molar-refractivity contribution in [1.82, 2.24) is 9.62 Å². The smallest absolute Gasteiger partial charge is 0.254 e. The molecule has 0 unspecified atom stereocenters. The Morgan fingerprint density at radius 2 is 1.68 bits per heavy atom. The Balaban J connectivity index is 1.72. The van der Waals surface area contributed by atoms with Crippen LogP contribution in [0.1, 0.15) is 23.7 Å². The minimum atomic E-state index is -3.77. The molecule has 0 spiro atoms.